The number of benzene rings is 1. The first kappa shape index (κ1) is 11.5. The molecule has 1 aromatic carbocycles. The molecule has 1 heterocycles. The number of hydrogen-bond acceptors (Lipinski definition) is 3. The van der Waals surface area contributed by atoms with Crippen molar-refractivity contribution in [2.24, 2.45) is 5.41 Å². The van der Waals surface area contributed by atoms with E-state index in [1.807, 2.05) is 45.0 Å². The average molecular weight is 229 g/mol. The fourth-order valence-electron chi connectivity index (χ4n) is 1.54. The number of carbonyl (C=O) groups excluding carboxylic acids is 1. The summed E-state index contributed by atoms with van der Waals surface area (Å²) in [6.07, 6.45) is 3.11. The molecule has 0 amide bonds. The van der Waals surface area contributed by atoms with Gasteiger partial charge in [0.1, 0.15) is 12.7 Å². The van der Waals surface area contributed by atoms with E-state index < -0.39 is 0 Å². The van der Waals surface area contributed by atoms with Crippen LogP contribution in [0.25, 0.3) is 5.69 Å². The van der Waals surface area contributed by atoms with Crippen molar-refractivity contribution in [3.05, 3.63) is 42.5 Å². The molecule has 2 aromatic rings. The molecule has 0 fully saturated rings. The SMILES string of the molecule is CC(C)(C)C(=O)c1ccc(-n2cncn2)cc1. The van der Waals surface area contributed by atoms with Gasteiger partial charge in [-0.15, -0.1) is 0 Å². The van der Waals surface area contributed by atoms with Gasteiger partial charge in [0.25, 0.3) is 0 Å². The molecule has 0 N–H and O–H groups in total. The molecule has 0 spiro atoms. The third kappa shape index (κ3) is 2.41. The maximum Gasteiger partial charge on any atom is 0.168 e. The molecule has 0 bridgehead atoms. The summed E-state index contributed by atoms with van der Waals surface area (Å²) in [5, 5.41) is 4.03. The molecular formula is C13H15N3O. The smallest absolute Gasteiger partial charge is 0.168 e. The van der Waals surface area contributed by atoms with E-state index >= 15 is 0 Å². The average Bonchev–Trinajstić information content (AvgIpc) is 2.80. The van der Waals surface area contributed by atoms with E-state index in [1.165, 1.54) is 6.33 Å². The Balaban J connectivity index is 2.28. The van der Waals surface area contributed by atoms with Gasteiger partial charge in [0.2, 0.25) is 0 Å². The summed E-state index contributed by atoms with van der Waals surface area (Å²) >= 11 is 0. The topological polar surface area (TPSA) is 47.8 Å². The first-order valence-electron chi connectivity index (χ1n) is 5.48. The van der Waals surface area contributed by atoms with Gasteiger partial charge >= 0.3 is 0 Å². The summed E-state index contributed by atoms with van der Waals surface area (Å²) in [6.45, 7) is 5.75. The first-order chi connectivity index (χ1) is 7.98. The van der Waals surface area contributed by atoms with Crippen LogP contribution in [-0.4, -0.2) is 20.5 Å². The van der Waals surface area contributed by atoms with Crippen LogP contribution in [0.2, 0.25) is 0 Å². The minimum absolute atomic E-state index is 0.141. The van der Waals surface area contributed by atoms with Crippen LogP contribution in [0.3, 0.4) is 0 Å². The van der Waals surface area contributed by atoms with Crippen LogP contribution in [0, 0.1) is 5.41 Å². The van der Waals surface area contributed by atoms with Crippen molar-refractivity contribution in [3.63, 3.8) is 0 Å². The number of carbonyl (C=O) groups is 1. The van der Waals surface area contributed by atoms with Gasteiger partial charge in [0, 0.05) is 11.0 Å². The molecule has 0 atom stereocenters. The number of aromatic nitrogens is 3. The lowest BCUT2D eigenvalue weighted by Gasteiger charge is -2.16. The minimum Gasteiger partial charge on any atom is -0.294 e. The lowest BCUT2D eigenvalue weighted by Crippen LogP contribution is -2.20. The van der Waals surface area contributed by atoms with E-state index in [1.54, 1.807) is 11.0 Å². The summed E-state index contributed by atoms with van der Waals surface area (Å²) in [5.74, 6) is 0.141. The maximum atomic E-state index is 12.0. The van der Waals surface area contributed by atoms with Gasteiger partial charge in [-0.25, -0.2) is 9.67 Å². The third-order valence-corrected chi connectivity index (χ3v) is 2.49. The van der Waals surface area contributed by atoms with Crippen LogP contribution >= 0.6 is 0 Å². The molecule has 2 rings (SSSR count). The summed E-state index contributed by atoms with van der Waals surface area (Å²) in [5.41, 5.74) is 1.27. The molecule has 0 unspecified atom stereocenters. The summed E-state index contributed by atoms with van der Waals surface area (Å²) in [4.78, 5) is 15.9. The lowest BCUT2D eigenvalue weighted by atomic mass is 9.86. The Morgan fingerprint density at radius 2 is 1.82 bits per heavy atom. The summed E-state index contributed by atoms with van der Waals surface area (Å²) in [7, 11) is 0. The fraction of sp³-hybridized carbons (Fsp3) is 0.308. The van der Waals surface area contributed by atoms with E-state index in [0.29, 0.717) is 0 Å². The van der Waals surface area contributed by atoms with Crippen LogP contribution in [0.5, 0.6) is 0 Å². The van der Waals surface area contributed by atoms with Gasteiger partial charge in [0.05, 0.1) is 5.69 Å². The van der Waals surface area contributed by atoms with Gasteiger partial charge in [-0.05, 0) is 24.3 Å². The molecule has 4 heteroatoms. The Labute approximate surface area is 100 Å². The summed E-state index contributed by atoms with van der Waals surface area (Å²) < 4.78 is 1.66. The fourth-order valence-corrected chi connectivity index (χ4v) is 1.54. The standard InChI is InChI=1S/C13H15N3O/c1-13(2,3)12(17)10-4-6-11(7-5-10)16-9-14-8-15-16/h4-9H,1-3H3. The van der Waals surface area contributed by atoms with E-state index in [4.69, 9.17) is 0 Å². The Morgan fingerprint density at radius 1 is 1.18 bits per heavy atom. The molecule has 0 aliphatic rings. The van der Waals surface area contributed by atoms with Gasteiger partial charge in [0.15, 0.2) is 5.78 Å². The quantitative estimate of drug-likeness (QED) is 0.743. The van der Waals surface area contributed by atoms with Crippen molar-refractivity contribution >= 4 is 5.78 Å². The number of hydrogen-bond donors (Lipinski definition) is 0. The van der Waals surface area contributed by atoms with Crippen molar-refractivity contribution in [2.45, 2.75) is 20.8 Å². The molecule has 1 aromatic heterocycles. The van der Waals surface area contributed by atoms with Gasteiger partial charge in [-0.2, -0.15) is 5.10 Å². The normalized spacial score (nSPS) is 11.5. The Morgan fingerprint density at radius 3 is 2.29 bits per heavy atom. The predicted molar refractivity (Wildman–Crippen MR) is 65.1 cm³/mol. The molecular weight excluding hydrogens is 214 g/mol. The molecule has 4 nitrogen and oxygen atoms in total. The van der Waals surface area contributed by atoms with Gasteiger partial charge in [-0.1, -0.05) is 20.8 Å². The van der Waals surface area contributed by atoms with Crippen molar-refractivity contribution < 1.29 is 4.79 Å². The van der Waals surface area contributed by atoms with Crippen LogP contribution in [0.15, 0.2) is 36.9 Å². The predicted octanol–water partition coefficient (Wildman–Crippen LogP) is 2.50. The number of rotatable bonds is 2. The van der Waals surface area contributed by atoms with E-state index in [9.17, 15) is 4.79 Å². The van der Waals surface area contributed by atoms with Crippen molar-refractivity contribution in [1.82, 2.24) is 14.8 Å². The monoisotopic (exact) mass is 229 g/mol. The molecule has 0 aliphatic heterocycles. The zero-order valence-corrected chi connectivity index (χ0v) is 10.2. The van der Waals surface area contributed by atoms with Crippen molar-refractivity contribution in [2.75, 3.05) is 0 Å². The van der Waals surface area contributed by atoms with Crippen molar-refractivity contribution in [1.29, 1.82) is 0 Å². The zero-order valence-electron chi connectivity index (χ0n) is 10.2. The Bertz CT molecular complexity index is 507. The highest BCUT2D eigenvalue weighted by molar-refractivity contribution is 5.99. The lowest BCUT2D eigenvalue weighted by molar-refractivity contribution is 0.0858. The number of nitrogens with zero attached hydrogens (tertiary/aromatic N) is 3. The van der Waals surface area contributed by atoms with Crippen LogP contribution in [0.1, 0.15) is 31.1 Å². The van der Waals surface area contributed by atoms with E-state index in [2.05, 4.69) is 10.1 Å². The summed E-state index contributed by atoms with van der Waals surface area (Å²) in [6, 6.07) is 7.39. The highest BCUT2D eigenvalue weighted by Crippen LogP contribution is 2.21. The number of ketones is 1. The molecule has 0 saturated heterocycles. The second kappa shape index (κ2) is 4.13. The minimum atomic E-state index is -0.352. The molecule has 17 heavy (non-hydrogen) atoms. The zero-order chi connectivity index (χ0) is 12.5. The van der Waals surface area contributed by atoms with Crippen LogP contribution < -0.4 is 0 Å². The van der Waals surface area contributed by atoms with Gasteiger partial charge < -0.3 is 0 Å². The molecule has 88 valence electrons. The molecule has 0 saturated carbocycles. The number of Topliss-reactive ketones (excluding diaryl/α,β-unsaturated/α-hetero) is 1. The highest BCUT2D eigenvalue weighted by atomic mass is 16.1. The largest absolute Gasteiger partial charge is 0.294 e. The van der Waals surface area contributed by atoms with E-state index in [0.717, 1.165) is 11.3 Å². The second-order valence-corrected chi connectivity index (χ2v) is 4.97. The van der Waals surface area contributed by atoms with Crippen LogP contribution in [0.4, 0.5) is 0 Å². The molecule has 0 aliphatic carbocycles. The van der Waals surface area contributed by atoms with Gasteiger partial charge in [-0.3, -0.25) is 4.79 Å². The van der Waals surface area contributed by atoms with Crippen LogP contribution in [-0.2, 0) is 0 Å². The first-order valence-corrected chi connectivity index (χ1v) is 5.48. The van der Waals surface area contributed by atoms with E-state index in [-0.39, 0.29) is 11.2 Å². The van der Waals surface area contributed by atoms with Crippen molar-refractivity contribution in [3.8, 4) is 5.69 Å². The Kier molecular flexibility index (Phi) is 2.79. The molecule has 0 radical (unpaired) electrons. The maximum absolute atomic E-state index is 12.0. The third-order valence-electron chi connectivity index (χ3n) is 2.49. The highest BCUT2D eigenvalue weighted by Gasteiger charge is 2.22. The Hall–Kier alpha value is -1.97. The second-order valence-electron chi connectivity index (χ2n) is 4.97.